The van der Waals surface area contributed by atoms with Crippen LogP contribution in [0.2, 0.25) is 0 Å². The average molecular weight is 528 g/mol. The Morgan fingerprint density at radius 3 is 2.75 bits per heavy atom. The van der Waals surface area contributed by atoms with Crippen LogP contribution in [0.5, 0.6) is 5.75 Å². The van der Waals surface area contributed by atoms with E-state index in [1.807, 2.05) is 14.0 Å². The summed E-state index contributed by atoms with van der Waals surface area (Å²) in [5, 5.41) is 22.3. The quantitative estimate of drug-likeness (QED) is 0.384. The van der Waals surface area contributed by atoms with Crippen LogP contribution >= 0.6 is 23.1 Å². The van der Waals surface area contributed by atoms with Crippen molar-refractivity contribution in [3.05, 3.63) is 51.9 Å². The van der Waals surface area contributed by atoms with Gasteiger partial charge in [-0.25, -0.2) is 4.39 Å². The van der Waals surface area contributed by atoms with Crippen LogP contribution in [0.25, 0.3) is 0 Å². The molecule has 3 aromatic rings. The minimum absolute atomic E-state index is 0.136. The van der Waals surface area contributed by atoms with Gasteiger partial charge in [-0.2, -0.15) is 5.26 Å². The van der Waals surface area contributed by atoms with Gasteiger partial charge in [0.15, 0.2) is 17.1 Å². The number of fused-ring (bicyclic) bond motifs is 1. The van der Waals surface area contributed by atoms with Crippen molar-refractivity contribution in [2.24, 2.45) is 18.4 Å². The van der Waals surface area contributed by atoms with Crippen LogP contribution in [0.1, 0.15) is 62.0 Å². The number of carbonyl (C=O) groups excluding carboxylic acids is 1. The van der Waals surface area contributed by atoms with Crippen LogP contribution in [-0.2, 0) is 24.7 Å². The lowest BCUT2D eigenvalue weighted by Crippen LogP contribution is -2.26. The second-order valence-electron chi connectivity index (χ2n) is 10.1. The molecule has 0 radical (unpaired) electrons. The zero-order valence-electron chi connectivity index (χ0n) is 21.1. The van der Waals surface area contributed by atoms with E-state index in [1.54, 1.807) is 16.7 Å². The standard InChI is InChI=1S/C26H30FN5O2S2/c1-15(34-18-9-7-17(27)8-10-18)23-30-31-25(32(23)5)35-14-22(33)29-24-20(13-28)19-11-6-16(26(2,3)4)12-21(19)36-24/h7-10,15-16H,6,11-12,14H2,1-5H3,(H,29,33). The molecule has 10 heteroatoms. The van der Waals surface area contributed by atoms with Gasteiger partial charge in [0.05, 0.1) is 11.3 Å². The third-order valence-electron chi connectivity index (χ3n) is 6.55. The highest BCUT2D eigenvalue weighted by atomic mass is 32.2. The van der Waals surface area contributed by atoms with Gasteiger partial charge < -0.3 is 14.6 Å². The molecule has 1 amide bonds. The van der Waals surface area contributed by atoms with Gasteiger partial charge in [0, 0.05) is 11.9 Å². The van der Waals surface area contributed by atoms with E-state index in [0.29, 0.717) is 33.2 Å². The van der Waals surface area contributed by atoms with Crippen LogP contribution in [0, 0.1) is 28.5 Å². The smallest absolute Gasteiger partial charge is 0.235 e. The number of nitriles is 1. The van der Waals surface area contributed by atoms with Gasteiger partial charge in [-0.1, -0.05) is 32.5 Å². The molecule has 0 aliphatic heterocycles. The fourth-order valence-corrected chi connectivity index (χ4v) is 6.41. The summed E-state index contributed by atoms with van der Waals surface area (Å²) < 4.78 is 20.8. The Morgan fingerprint density at radius 2 is 2.08 bits per heavy atom. The number of aromatic nitrogens is 3. The predicted octanol–water partition coefficient (Wildman–Crippen LogP) is 5.91. The summed E-state index contributed by atoms with van der Waals surface area (Å²) in [5.74, 6) is 1.30. The summed E-state index contributed by atoms with van der Waals surface area (Å²) in [7, 11) is 1.81. The molecule has 0 spiro atoms. The normalized spacial score (nSPS) is 16.2. The second kappa shape index (κ2) is 10.6. The molecule has 190 valence electrons. The van der Waals surface area contributed by atoms with Gasteiger partial charge in [-0.05, 0) is 67.3 Å². The number of anilines is 1. The Bertz CT molecular complexity index is 1290. The maximum absolute atomic E-state index is 13.1. The molecule has 2 atom stereocenters. The fourth-order valence-electron chi connectivity index (χ4n) is 4.40. The molecule has 7 nitrogen and oxygen atoms in total. The third-order valence-corrected chi connectivity index (χ3v) is 8.74. The van der Waals surface area contributed by atoms with Crippen molar-refractivity contribution >= 4 is 34.0 Å². The van der Waals surface area contributed by atoms with Crippen molar-refractivity contribution < 1.29 is 13.9 Å². The monoisotopic (exact) mass is 527 g/mol. The van der Waals surface area contributed by atoms with Gasteiger partial charge in [-0.15, -0.1) is 21.5 Å². The molecule has 1 aliphatic rings. The summed E-state index contributed by atoms with van der Waals surface area (Å²) in [6, 6.07) is 8.10. The number of halogens is 1. The van der Waals surface area contributed by atoms with Crippen molar-refractivity contribution in [1.29, 1.82) is 5.26 Å². The number of thiophene rings is 1. The lowest BCUT2D eigenvalue weighted by atomic mass is 9.72. The Hall–Kier alpha value is -2.90. The Kier molecular flexibility index (Phi) is 7.71. The summed E-state index contributed by atoms with van der Waals surface area (Å²) in [5.41, 5.74) is 1.91. The molecule has 2 aromatic heterocycles. The van der Waals surface area contributed by atoms with Gasteiger partial charge in [0.25, 0.3) is 0 Å². The van der Waals surface area contributed by atoms with Gasteiger partial charge in [0.2, 0.25) is 5.91 Å². The van der Waals surface area contributed by atoms with Gasteiger partial charge in [0.1, 0.15) is 22.6 Å². The number of rotatable bonds is 7. The molecule has 4 rings (SSSR count). The number of hydrogen-bond acceptors (Lipinski definition) is 7. The first-order chi connectivity index (χ1) is 17.1. The second-order valence-corrected chi connectivity index (χ2v) is 12.1. The lowest BCUT2D eigenvalue weighted by Gasteiger charge is -2.33. The number of nitrogens with zero attached hydrogens (tertiary/aromatic N) is 4. The van der Waals surface area contributed by atoms with Crippen LogP contribution in [0.15, 0.2) is 29.4 Å². The zero-order valence-corrected chi connectivity index (χ0v) is 22.7. The highest BCUT2D eigenvalue weighted by Crippen LogP contribution is 2.44. The predicted molar refractivity (Wildman–Crippen MR) is 140 cm³/mol. The van der Waals surface area contributed by atoms with E-state index in [1.165, 1.54) is 40.1 Å². The largest absolute Gasteiger partial charge is 0.483 e. The molecule has 0 saturated heterocycles. The molecular formula is C26H30FN5O2S2. The first kappa shape index (κ1) is 26.2. The van der Waals surface area contributed by atoms with E-state index >= 15 is 0 Å². The summed E-state index contributed by atoms with van der Waals surface area (Å²) >= 11 is 2.80. The number of hydrogen-bond donors (Lipinski definition) is 1. The Morgan fingerprint density at radius 1 is 1.36 bits per heavy atom. The first-order valence-corrected chi connectivity index (χ1v) is 13.7. The molecular weight excluding hydrogens is 497 g/mol. The van der Waals surface area contributed by atoms with Crippen molar-refractivity contribution in [3.63, 3.8) is 0 Å². The SMILES string of the molecule is CC(Oc1ccc(F)cc1)c1nnc(SCC(=O)Nc2sc3c(c2C#N)CCC(C(C)(C)C)C3)n1C. The molecule has 2 unspecified atom stereocenters. The Labute approximate surface area is 219 Å². The summed E-state index contributed by atoms with van der Waals surface area (Å²) in [6.07, 6.45) is 2.47. The van der Waals surface area contributed by atoms with Crippen molar-refractivity contribution in [1.82, 2.24) is 14.8 Å². The van der Waals surface area contributed by atoms with Crippen LogP contribution < -0.4 is 10.1 Å². The van der Waals surface area contributed by atoms with Crippen molar-refractivity contribution in [2.75, 3.05) is 11.1 Å². The van der Waals surface area contributed by atoms with Crippen LogP contribution in [0.4, 0.5) is 9.39 Å². The highest BCUT2D eigenvalue weighted by molar-refractivity contribution is 7.99. The van der Waals surface area contributed by atoms with E-state index in [2.05, 4.69) is 42.4 Å². The fraction of sp³-hybridized carbons (Fsp3) is 0.462. The number of nitrogens with one attached hydrogen (secondary N) is 1. The maximum Gasteiger partial charge on any atom is 0.235 e. The molecule has 1 N–H and O–H groups in total. The number of carbonyl (C=O) groups is 1. The van der Waals surface area contributed by atoms with Gasteiger partial charge in [-0.3, -0.25) is 4.79 Å². The summed E-state index contributed by atoms with van der Waals surface area (Å²) in [4.78, 5) is 14.0. The minimum atomic E-state index is -0.413. The average Bonchev–Trinajstić information content (AvgIpc) is 3.37. The van der Waals surface area contributed by atoms with E-state index in [-0.39, 0.29) is 22.9 Å². The topological polar surface area (TPSA) is 92.8 Å². The van der Waals surface area contributed by atoms with E-state index < -0.39 is 6.10 Å². The number of amides is 1. The highest BCUT2D eigenvalue weighted by Gasteiger charge is 2.32. The molecule has 1 aliphatic carbocycles. The molecule has 0 bridgehead atoms. The van der Waals surface area contributed by atoms with E-state index in [0.717, 1.165) is 24.8 Å². The molecule has 2 heterocycles. The number of ether oxygens (including phenoxy) is 1. The third kappa shape index (κ3) is 5.73. The van der Waals surface area contributed by atoms with Gasteiger partial charge >= 0.3 is 0 Å². The van der Waals surface area contributed by atoms with Crippen molar-refractivity contribution in [3.8, 4) is 11.8 Å². The van der Waals surface area contributed by atoms with E-state index in [9.17, 15) is 14.4 Å². The molecule has 36 heavy (non-hydrogen) atoms. The zero-order chi connectivity index (χ0) is 26.0. The molecule has 0 fully saturated rings. The lowest BCUT2D eigenvalue weighted by molar-refractivity contribution is -0.113. The number of thioether (sulfide) groups is 1. The van der Waals surface area contributed by atoms with Crippen LogP contribution in [0.3, 0.4) is 0 Å². The minimum Gasteiger partial charge on any atom is -0.483 e. The maximum atomic E-state index is 13.1. The van der Waals surface area contributed by atoms with Crippen molar-refractivity contribution in [2.45, 2.75) is 58.2 Å². The molecule has 1 aromatic carbocycles. The summed E-state index contributed by atoms with van der Waals surface area (Å²) in [6.45, 7) is 8.61. The van der Waals surface area contributed by atoms with E-state index in [4.69, 9.17) is 4.74 Å². The van der Waals surface area contributed by atoms with Crippen LogP contribution in [-0.4, -0.2) is 26.4 Å². The Balaban J connectivity index is 1.38. The molecule has 0 saturated carbocycles. The number of benzene rings is 1. The first-order valence-electron chi connectivity index (χ1n) is 11.9.